The van der Waals surface area contributed by atoms with Crippen molar-refractivity contribution in [2.75, 3.05) is 13.1 Å². The zero-order valence-electron chi connectivity index (χ0n) is 13.6. The number of nitriles is 1. The number of carbonyl (C=O) groups is 1. The van der Waals surface area contributed by atoms with E-state index in [4.69, 9.17) is 5.26 Å². The molecule has 0 unspecified atom stereocenters. The van der Waals surface area contributed by atoms with Gasteiger partial charge in [0, 0.05) is 6.42 Å². The predicted octanol–water partition coefficient (Wildman–Crippen LogP) is 4.23. The van der Waals surface area contributed by atoms with Gasteiger partial charge in [-0.05, 0) is 46.2 Å². The monoisotopic (exact) mass is 280 g/mol. The first-order valence-electron chi connectivity index (χ1n) is 8.20. The lowest BCUT2D eigenvalue weighted by atomic mass is 9.87. The van der Waals surface area contributed by atoms with E-state index in [1.54, 1.807) is 13.8 Å². The highest BCUT2D eigenvalue weighted by Crippen LogP contribution is 2.19. The first-order valence-corrected chi connectivity index (χ1v) is 8.20. The molecular formula is C17H32N2O. The van der Waals surface area contributed by atoms with Crippen molar-refractivity contribution in [3.8, 4) is 6.07 Å². The Labute approximate surface area is 125 Å². The van der Waals surface area contributed by atoms with E-state index in [0.717, 1.165) is 25.9 Å². The Morgan fingerprint density at radius 2 is 1.55 bits per heavy atom. The second-order valence-electron chi connectivity index (χ2n) is 6.13. The van der Waals surface area contributed by atoms with Gasteiger partial charge in [-0.1, -0.05) is 39.0 Å². The van der Waals surface area contributed by atoms with Gasteiger partial charge in [-0.15, -0.1) is 0 Å². The number of hydrogen-bond acceptors (Lipinski definition) is 3. The van der Waals surface area contributed by atoms with E-state index >= 15 is 0 Å². The summed E-state index contributed by atoms with van der Waals surface area (Å²) >= 11 is 0. The summed E-state index contributed by atoms with van der Waals surface area (Å²) in [5.74, 6) is 0.0852. The van der Waals surface area contributed by atoms with Crippen LogP contribution in [0.15, 0.2) is 0 Å². The molecule has 0 aliphatic rings. The van der Waals surface area contributed by atoms with Gasteiger partial charge in [-0.2, -0.15) is 5.26 Å². The highest BCUT2D eigenvalue weighted by atomic mass is 16.1. The molecule has 0 aromatic heterocycles. The summed E-state index contributed by atoms with van der Waals surface area (Å²) in [6.07, 6.45) is 10.2. The Hall–Kier alpha value is -0.880. The first kappa shape index (κ1) is 19.1. The van der Waals surface area contributed by atoms with Crippen molar-refractivity contribution in [3.63, 3.8) is 0 Å². The molecule has 0 spiro atoms. The Morgan fingerprint density at radius 1 is 1.00 bits per heavy atom. The molecule has 3 nitrogen and oxygen atoms in total. The summed E-state index contributed by atoms with van der Waals surface area (Å²) in [7, 11) is 0. The van der Waals surface area contributed by atoms with Crippen LogP contribution in [0.5, 0.6) is 0 Å². The van der Waals surface area contributed by atoms with Crippen LogP contribution >= 0.6 is 0 Å². The molecule has 0 aliphatic heterocycles. The van der Waals surface area contributed by atoms with Crippen LogP contribution in [-0.2, 0) is 4.79 Å². The molecule has 0 rings (SSSR count). The third-order valence-electron chi connectivity index (χ3n) is 3.66. The number of Topliss-reactive ketones (excluding diaryl/α,β-unsaturated/α-hetero) is 1. The lowest BCUT2D eigenvalue weighted by Gasteiger charge is -2.12. The lowest BCUT2D eigenvalue weighted by Crippen LogP contribution is -2.21. The number of ketones is 1. The minimum Gasteiger partial charge on any atom is -0.317 e. The van der Waals surface area contributed by atoms with Crippen LogP contribution < -0.4 is 5.32 Å². The van der Waals surface area contributed by atoms with Gasteiger partial charge in [0.2, 0.25) is 0 Å². The lowest BCUT2D eigenvalue weighted by molar-refractivity contribution is -0.124. The van der Waals surface area contributed by atoms with Gasteiger partial charge in [0.25, 0.3) is 0 Å². The molecular weight excluding hydrogens is 248 g/mol. The van der Waals surface area contributed by atoms with Crippen LogP contribution in [0.25, 0.3) is 0 Å². The first-order chi connectivity index (χ1) is 9.54. The second kappa shape index (κ2) is 11.9. The largest absolute Gasteiger partial charge is 0.317 e. The van der Waals surface area contributed by atoms with Crippen molar-refractivity contribution in [2.45, 2.75) is 78.6 Å². The summed E-state index contributed by atoms with van der Waals surface area (Å²) in [5, 5.41) is 12.3. The fourth-order valence-electron chi connectivity index (χ4n) is 2.10. The van der Waals surface area contributed by atoms with E-state index in [9.17, 15) is 4.79 Å². The van der Waals surface area contributed by atoms with Gasteiger partial charge in [0.1, 0.15) is 5.41 Å². The van der Waals surface area contributed by atoms with Crippen LogP contribution in [0.2, 0.25) is 0 Å². The molecule has 0 atom stereocenters. The third-order valence-corrected chi connectivity index (χ3v) is 3.66. The van der Waals surface area contributed by atoms with Crippen LogP contribution in [0, 0.1) is 16.7 Å². The molecule has 0 radical (unpaired) electrons. The van der Waals surface area contributed by atoms with E-state index < -0.39 is 5.41 Å². The molecule has 1 N–H and O–H groups in total. The summed E-state index contributed by atoms with van der Waals surface area (Å²) in [6, 6.07) is 2.08. The normalized spacial score (nSPS) is 11.3. The van der Waals surface area contributed by atoms with Gasteiger partial charge >= 0.3 is 0 Å². The molecule has 0 bridgehead atoms. The molecule has 20 heavy (non-hydrogen) atoms. The summed E-state index contributed by atoms with van der Waals surface area (Å²) in [6.45, 7) is 7.89. The van der Waals surface area contributed by atoms with Crippen molar-refractivity contribution in [1.29, 1.82) is 5.26 Å². The molecule has 0 saturated carbocycles. The number of nitrogens with one attached hydrogen (secondary N) is 1. The summed E-state index contributed by atoms with van der Waals surface area (Å²) in [4.78, 5) is 11.7. The van der Waals surface area contributed by atoms with Crippen LogP contribution in [-0.4, -0.2) is 18.9 Å². The highest BCUT2D eigenvalue weighted by molar-refractivity contribution is 5.86. The molecule has 116 valence electrons. The standard InChI is InChI=1S/C17H32N2O/c1-4-13-19-14-11-9-7-5-6-8-10-12-16(20)17(2,3)15-18/h19H,4-14H2,1-3H3. The molecule has 0 fully saturated rings. The second-order valence-corrected chi connectivity index (χ2v) is 6.13. The Bertz CT molecular complexity index is 292. The van der Waals surface area contributed by atoms with Gasteiger partial charge in [-0.3, -0.25) is 4.79 Å². The van der Waals surface area contributed by atoms with Crippen molar-refractivity contribution in [3.05, 3.63) is 0 Å². The predicted molar refractivity (Wildman–Crippen MR) is 84.5 cm³/mol. The molecule has 3 heteroatoms. The summed E-state index contributed by atoms with van der Waals surface area (Å²) in [5.41, 5.74) is -0.800. The van der Waals surface area contributed by atoms with Gasteiger partial charge < -0.3 is 5.32 Å². The smallest absolute Gasteiger partial charge is 0.152 e. The fourth-order valence-corrected chi connectivity index (χ4v) is 2.10. The Balaban J connectivity index is 3.30. The highest BCUT2D eigenvalue weighted by Gasteiger charge is 2.25. The quantitative estimate of drug-likeness (QED) is 0.514. The van der Waals surface area contributed by atoms with Crippen LogP contribution in [0.1, 0.15) is 78.6 Å². The fraction of sp³-hybridized carbons (Fsp3) is 0.882. The number of nitrogens with zero attached hydrogens (tertiary/aromatic N) is 1. The number of hydrogen-bond donors (Lipinski definition) is 1. The number of unbranched alkanes of at least 4 members (excludes halogenated alkanes) is 6. The average molecular weight is 280 g/mol. The maximum absolute atomic E-state index is 11.7. The maximum Gasteiger partial charge on any atom is 0.152 e. The van der Waals surface area contributed by atoms with Crippen molar-refractivity contribution in [1.82, 2.24) is 5.32 Å². The van der Waals surface area contributed by atoms with E-state index in [-0.39, 0.29) is 5.78 Å². The topological polar surface area (TPSA) is 52.9 Å². The SMILES string of the molecule is CCCNCCCCCCCCCC(=O)C(C)(C)C#N. The van der Waals surface area contributed by atoms with Crippen LogP contribution in [0.3, 0.4) is 0 Å². The molecule has 0 aromatic rings. The van der Waals surface area contributed by atoms with E-state index in [1.807, 2.05) is 0 Å². The molecule has 0 saturated heterocycles. The third kappa shape index (κ3) is 9.97. The number of rotatable bonds is 13. The van der Waals surface area contributed by atoms with Crippen molar-refractivity contribution >= 4 is 5.78 Å². The average Bonchev–Trinajstić information content (AvgIpc) is 2.44. The molecule has 0 aliphatic carbocycles. The summed E-state index contributed by atoms with van der Waals surface area (Å²) < 4.78 is 0. The Morgan fingerprint density at radius 3 is 2.10 bits per heavy atom. The van der Waals surface area contributed by atoms with Gasteiger partial charge in [0.05, 0.1) is 6.07 Å². The molecule has 0 heterocycles. The Kier molecular flexibility index (Phi) is 11.4. The minimum absolute atomic E-state index is 0.0852. The maximum atomic E-state index is 11.7. The van der Waals surface area contributed by atoms with E-state index in [1.165, 1.54) is 38.5 Å². The van der Waals surface area contributed by atoms with Gasteiger partial charge in [-0.25, -0.2) is 0 Å². The van der Waals surface area contributed by atoms with Crippen LogP contribution in [0.4, 0.5) is 0 Å². The minimum atomic E-state index is -0.800. The zero-order valence-corrected chi connectivity index (χ0v) is 13.6. The zero-order chi connectivity index (χ0) is 15.3. The number of carbonyl (C=O) groups excluding carboxylic acids is 1. The van der Waals surface area contributed by atoms with E-state index in [0.29, 0.717) is 6.42 Å². The molecule has 0 aromatic carbocycles. The van der Waals surface area contributed by atoms with Gasteiger partial charge in [0.15, 0.2) is 5.78 Å². The molecule has 0 amide bonds. The van der Waals surface area contributed by atoms with E-state index in [2.05, 4.69) is 18.3 Å². The van der Waals surface area contributed by atoms with Crippen molar-refractivity contribution in [2.24, 2.45) is 5.41 Å². The van der Waals surface area contributed by atoms with Crippen molar-refractivity contribution < 1.29 is 4.79 Å².